The maximum Gasteiger partial charge on any atom is 0.249 e. The summed E-state index contributed by atoms with van der Waals surface area (Å²) >= 11 is 0. The highest BCUT2D eigenvalue weighted by atomic mass is 16.3. The zero-order valence-electron chi connectivity index (χ0n) is 39.2. The van der Waals surface area contributed by atoms with E-state index >= 15 is 0 Å². The van der Waals surface area contributed by atoms with Crippen molar-refractivity contribution < 1.29 is 20.1 Å². The summed E-state index contributed by atoms with van der Waals surface area (Å²) in [6.07, 6.45) is 60.9. The van der Waals surface area contributed by atoms with E-state index in [0.717, 1.165) is 32.1 Å². The lowest BCUT2D eigenvalue weighted by atomic mass is 10.0. The van der Waals surface area contributed by atoms with Crippen molar-refractivity contribution in [2.24, 2.45) is 0 Å². The van der Waals surface area contributed by atoms with Crippen LogP contribution in [0.5, 0.6) is 0 Å². The van der Waals surface area contributed by atoms with Crippen LogP contribution in [0, 0.1) is 0 Å². The second kappa shape index (κ2) is 48.5. The molecule has 0 saturated carbocycles. The van der Waals surface area contributed by atoms with Crippen LogP contribution in [0.2, 0.25) is 0 Å². The molecule has 344 valence electrons. The van der Waals surface area contributed by atoms with Gasteiger partial charge in [0.05, 0.1) is 18.8 Å². The van der Waals surface area contributed by atoms with Crippen molar-refractivity contribution in [3.63, 3.8) is 0 Å². The molecular weight excluding hydrogens is 715 g/mol. The molecule has 5 nitrogen and oxygen atoms in total. The van der Waals surface area contributed by atoms with Gasteiger partial charge in [-0.05, 0) is 44.9 Å². The van der Waals surface area contributed by atoms with E-state index in [-0.39, 0.29) is 6.61 Å². The average Bonchev–Trinajstić information content (AvgIpc) is 3.23. The van der Waals surface area contributed by atoms with Crippen LogP contribution in [0.3, 0.4) is 0 Å². The Hall–Kier alpha value is -1.17. The molecule has 0 aromatic heterocycles. The van der Waals surface area contributed by atoms with Gasteiger partial charge in [-0.1, -0.05) is 263 Å². The van der Waals surface area contributed by atoms with Crippen molar-refractivity contribution in [3.05, 3.63) is 24.3 Å². The summed E-state index contributed by atoms with van der Waals surface area (Å²) in [4.78, 5) is 12.5. The Morgan fingerprint density at radius 3 is 1.00 bits per heavy atom. The van der Waals surface area contributed by atoms with Gasteiger partial charge < -0.3 is 20.6 Å². The Morgan fingerprint density at radius 2 is 0.690 bits per heavy atom. The van der Waals surface area contributed by atoms with Gasteiger partial charge in [-0.15, -0.1) is 0 Å². The number of hydrogen-bond donors (Lipinski definition) is 4. The number of rotatable bonds is 48. The Balaban J connectivity index is 3.60. The topological polar surface area (TPSA) is 89.8 Å². The van der Waals surface area contributed by atoms with Gasteiger partial charge in [0.15, 0.2) is 0 Å². The summed E-state index contributed by atoms with van der Waals surface area (Å²) < 4.78 is 0. The van der Waals surface area contributed by atoms with Gasteiger partial charge in [-0.2, -0.15) is 0 Å². The van der Waals surface area contributed by atoms with Crippen LogP contribution in [-0.2, 0) is 4.79 Å². The molecule has 0 bridgehead atoms. The summed E-state index contributed by atoms with van der Waals surface area (Å²) in [5.41, 5.74) is 0. The van der Waals surface area contributed by atoms with Gasteiger partial charge in [0.1, 0.15) is 6.10 Å². The number of aliphatic hydroxyl groups excluding tert-OH is 3. The molecule has 1 amide bonds. The fourth-order valence-corrected chi connectivity index (χ4v) is 8.18. The quantitative estimate of drug-likeness (QED) is 0.0364. The van der Waals surface area contributed by atoms with E-state index in [1.807, 2.05) is 6.08 Å². The molecule has 0 aliphatic heterocycles. The number of nitrogens with one attached hydrogen (secondary N) is 1. The molecule has 0 aliphatic rings. The van der Waals surface area contributed by atoms with E-state index in [1.54, 1.807) is 6.08 Å². The number of carbonyl (C=O) groups excluding carboxylic acids is 1. The number of unbranched alkanes of at least 4 members (excludes halogenated alkanes) is 38. The van der Waals surface area contributed by atoms with Gasteiger partial charge in [-0.3, -0.25) is 4.79 Å². The van der Waals surface area contributed by atoms with Crippen LogP contribution >= 0.6 is 0 Å². The maximum atomic E-state index is 12.5. The zero-order valence-corrected chi connectivity index (χ0v) is 39.2. The third-order valence-electron chi connectivity index (χ3n) is 12.3. The predicted octanol–water partition coefficient (Wildman–Crippen LogP) is 15.7. The second-order valence-electron chi connectivity index (χ2n) is 18.1. The predicted molar refractivity (Wildman–Crippen MR) is 255 cm³/mol. The van der Waals surface area contributed by atoms with Crippen LogP contribution in [0.4, 0.5) is 0 Å². The molecule has 0 aromatic carbocycles. The molecule has 0 rings (SSSR count). The first kappa shape index (κ1) is 56.8. The molecule has 58 heavy (non-hydrogen) atoms. The van der Waals surface area contributed by atoms with Gasteiger partial charge in [0, 0.05) is 0 Å². The SMILES string of the molecule is CCCCCCCCCCCCC/C=C\CCCCCCCCC(O)C(=O)NC(CO)C(O)/C=C/CCCCCCCCCCCCCCCCCCCCCCC. The van der Waals surface area contributed by atoms with Crippen molar-refractivity contribution in [1.29, 1.82) is 0 Å². The van der Waals surface area contributed by atoms with Gasteiger partial charge in [0.2, 0.25) is 5.91 Å². The zero-order chi connectivity index (χ0) is 42.3. The highest BCUT2D eigenvalue weighted by Crippen LogP contribution is 2.17. The molecule has 5 heteroatoms. The summed E-state index contributed by atoms with van der Waals surface area (Å²) in [6, 6.07) is -0.799. The van der Waals surface area contributed by atoms with Crippen LogP contribution in [0.1, 0.15) is 284 Å². The molecule has 0 spiro atoms. The summed E-state index contributed by atoms with van der Waals surface area (Å²) in [7, 11) is 0. The molecule has 0 saturated heterocycles. The van der Waals surface area contributed by atoms with Crippen LogP contribution < -0.4 is 5.32 Å². The van der Waals surface area contributed by atoms with Gasteiger partial charge >= 0.3 is 0 Å². The van der Waals surface area contributed by atoms with Crippen molar-refractivity contribution in [2.75, 3.05) is 6.61 Å². The Morgan fingerprint density at radius 1 is 0.414 bits per heavy atom. The first-order valence-electron chi connectivity index (χ1n) is 26.2. The molecule has 3 unspecified atom stereocenters. The van der Waals surface area contributed by atoms with Crippen molar-refractivity contribution in [3.8, 4) is 0 Å². The lowest BCUT2D eigenvalue weighted by Crippen LogP contribution is -2.48. The molecule has 0 fully saturated rings. The maximum absolute atomic E-state index is 12.5. The Bertz CT molecular complexity index is 859. The van der Waals surface area contributed by atoms with Crippen molar-refractivity contribution in [1.82, 2.24) is 5.32 Å². The lowest BCUT2D eigenvalue weighted by Gasteiger charge is -2.21. The number of hydrogen-bond acceptors (Lipinski definition) is 4. The third kappa shape index (κ3) is 42.9. The van der Waals surface area contributed by atoms with E-state index in [1.165, 1.54) is 231 Å². The van der Waals surface area contributed by atoms with Crippen LogP contribution in [0.15, 0.2) is 24.3 Å². The molecule has 0 aromatic rings. The molecular formula is C53H103NO4. The number of allylic oxidation sites excluding steroid dienone is 3. The molecule has 0 aliphatic carbocycles. The highest BCUT2D eigenvalue weighted by Gasteiger charge is 2.22. The Kier molecular flexibility index (Phi) is 47.5. The molecule has 0 heterocycles. The minimum absolute atomic E-state index is 0.363. The minimum atomic E-state index is -1.10. The smallest absolute Gasteiger partial charge is 0.249 e. The lowest BCUT2D eigenvalue weighted by molar-refractivity contribution is -0.131. The van der Waals surface area contributed by atoms with E-state index in [4.69, 9.17) is 0 Å². The van der Waals surface area contributed by atoms with E-state index in [0.29, 0.717) is 6.42 Å². The summed E-state index contributed by atoms with van der Waals surface area (Å²) in [5, 5.41) is 33.3. The normalized spacial score (nSPS) is 13.5. The standard InChI is InChI=1S/C53H103NO4/c1-3-5-7-9-11-13-15-17-19-21-23-25-26-28-29-31-33-35-37-39-41-43-45-47-51(56)50(49-55)54-53(58)52(57)48-46-44-42-40-38-36-34-32-30-27-24-22-20-18-16-14-12-10-8-6-4-2/h30,32,45,47,50-52,55-57H,3-29,31,33-44,46,48-49H2,1-2H3,(H,54,58)/b32-30-,47-45+. The first-order chi connectivity index (χ1) is 28.6. The summed E-state index contributed by atoms with van der Waals surface area (Å²) in [6.45, 7) is 4.21. The van der Waals surface area contributed by atoms with Gasteiger partial charge in [-0.25, -0.2) is 0 Å². The molecule has 4 N–H and O–H groups in total. The first-order valence-corrected chi connectivity index (χ1v) is 26.2. The van der Waals surface area contributed by atoms with E-state index in [2.05, 4.69) is 31.3 Å². The Labute approximate surface area is 362 Å². The fraction of sp³-hybridized carbons (Fsp3) is 0.906. The highest BCUT2D eigenvalue weighted by molar-refractivity contribution is 5.80. The van der Waals surface area contributed by atoms with E-state index in [9.17, 15) is 20.1 Å². The summed E-state index contributed by atoms with van der Waals surface area (Å²) in [5.74, 6) is -0.504. The number of carbonyl (C=O) groups is 1. The fourth-order valence-electron chi connectivity index (χ4n) is 8.18. The average molecular weight is 818 g/mol. The molecule has 3 atom stereocenters. The number of amides is 1. The van der Waals surface area contributed by atoms with E-state index < -0.39 is 24.2 Å². The van der Waals surface area contributed by atoms with Gasteiger partial charge in [0.25, 0.3) is 0 Å². The second-order valence-corrected chi connectivity index (χ2v) is 18.1. The van der Waals surface area contributed by atoms with Crippen molar-refractivity contribution in [2.45, 2.75) is 302 Å². The monoisotopic (exact) mass is 818 g/mol. The number of aliphatic hydroxyl groups is 3. The van der Waals surface area contributed by atoms with Crippen molar-refractivity contribution >= 4 is 5.91 Å². The molecule has 0 radical (unpaired) electrons. The minimum Gasteiger partial charge on any atom is -0.394 e. The largest absolute Gasteiger partial charge is 0.394 e. The van der Waals surface area contributed by atoms with Crippen LogP contribution in [0.25, 0.3) is 0 Å². The third-order valence-corrected chi connectivity index (χ3v) is 12.3. The van der Waals surface area contributed by atoms with Crippen LogP contribution in [-0.4, -0.2) is 46.1 Å².